The average molecular weight is 621 g/mol. The maximum absolute atomic E-state index is 13.5. The molecule has 3 rings (SSSR count). The summed E-state index contributed by atoms with van der Waals surface area (Å²) in [7, 11) is 1.56. The van der Waals surface area contributed by atoms with E-state index in [9.17, 15) is 28.8 Å². The van der Waals surface area contributed by atoms with Gasteiger partial charge in [0.2, 0.25) is 23.5 Å². The molecule has 0 spiro atoms. The van der Waals surface area contributed by atoms with Crippen molar-refractivity contribution in [2.75, 3.05) is 26.7 Å². The number of urea groups is 1. The maximum Gasteiger partial charge on any atom is 0.316 e. The van der Waals surface area contributed by atoms with Gasteiger partial charge in [0.25, 0.3) is 5.91 Å². The summed E-state index contributed by atoms with van der Waals surface area (Å²) in [6, 6.07) is -2.63. The van der Waals surface area contributed by atoms with Gasteiger partial charge in [-0.05, 0) is 55.3 Å². The Morgan fingerprint density at radius 3 is 1.75 bits per heavy atom. The largest absolute Gasteiger partial charge is 0.363 e. The molecule has 1 saturated carbocycles. The highest BCUT2D eigenvalue weighted by molar-refractivity contribution is 6.35. The summed E-state index contributed by atoms with van der Waals surface area (Å²) >= 11 is 0. The topological polar surface area (TPSA) is 171 Å². The third kappa shape index (κ3) is 10.8. The molecule has 0 aromatic heterocycles. The normalized spacial score (nSPS) is 20.3. The number of nitrogens with one attached hydrogen (secondary N) is 3. The van der Waals surface area contributed by atoms with E-state index in [1.165, 1.54) is 19.3 Å². The van der Waals surface area contributed by atoms with E-state index in [1.54, 1.807) is 11.9 Å². The molecule has 3 unspecified atom stereocenters. The van der Waals surface area contributed by atoms with E-state index in [2.05, 4.69) is 16.0 Å². The van der Waals surface area contributed by atoms with Crippen LogP contribution in [-0.2, 0) is 24.0 Å². The van der Waals surface area contributed by atoms with Crippen LogP contribution in [0.3, 0.4) is 0 Å². The number of piperidine rings is 1. The Morgan fingerprint density at radius 1 is 0.750 bits per heavy atom. The smallest absolute Gasteiger partial charge is 0.316 e. The van der Waals surface area contributed by atoms with Crippen LogP contribution < -0.4 is 21.7 Å². The van der Waals surface area contributed by atoms with Crippen molar-refractivity contribution in [2.45, 2.75) is 124 Å². The van der Waals surface area contributed by atoms with Crippen molar-refractivity contribution in [1.29, 1.82) is 0 Å². The Bertz CT molecular complexity index is 1040. The maximum atomic E-state index is 13.5. The molecular weight excluding hydrogens is 564 g/mol. The molecule has 0 radical (unpaired) electrons. The molecule has 250 valence electrons. The number of primary amides is 1. The summed E-state index contributed by atoms with van der Waals surface area (Å²) in [5.74, 6) is -1.09. The van der Waals surface area contributed by atoms with E-state index in [4.69, 9.17) is 5.73 Å². The first-order chi connectivity index (χ1) is 20.5. The minimum atomic E-state index is -0.839. The number of carbonyl (C=O) groups is 6. The van der Waals surface area contributed by atoms with Crippen molar-refractivity contribution >= 4 is 35.4 Å². The lowest BCUT2D eigenvalue weighted by Crippen LogP contribution is -2.62. The molecule has 0 aromatic carbocycles. The van der Waals surface area contributed by atoms with Crippen molar-refractivity contribution in [3.05, 3.63) is 0 Å². The Labute approximate surface area is 263 Å². The zero-order valence-corrected chi connectivity index (χ0v) is 27.9. The zero-order chi connectivity index (χ0) is 33.2. The fourth-order valence-electron chi connectivity index (χ4n) is 5.77. The minimum Gasteiger partial charge on any atom is -0.363 e. The summed E-state index contributed by atoms with van der Waals surface area (Å²) in [5, 5.41) is 8.31. The van der Waals surface area contributed by atoms with Gasteiger partial charge >= 0.3 is 6.03 Å². The summed E-state index contributed by atoms with van der Waals surface area (Å²) in [6.07, 6.45) is 9.29. The number of likely N-dealkylation sites (N-methyl/N-ethyl adjacent to an activating group) is 1. The van der Waals surface area contributed by atoms with E-state index in [0.29, 0.717) is 38.4 Å². The predicted molar refractivity (Wildman–Crippen MR) is 168 cm³/mol. The molecular formula is C32H56N6O6. The molecule has 2 saturated heterocycles. The molecule has 2 aliphatic heterocycles. The van der Waals surface area contributed by atoms with E-state index in [-0.39, 0.29) is 17.7 Å². The summed E-state index contributed by atoms with van der Waals surface area (Å²) in [4.78, 5) is 76.4. The van der Waals surface area contributed by atoms with Gasteiger partial charge in [0.05, 0.1) is 0 Å². The fraction of sp³-hybridized carbons (Fsp3) is 0.812. The zero-order valence-electron chi connectivity index (χ0n) is 27.9. The highest BCUT2D eigenvalue weighted by Gasteiger charge is 2.43. The highest BCUT2D eigenvalue weighted by Crippen LogP contribution is 2.30. The fourth-order valence-corrected chi connectivity index (χ4v) is 5.77. The number of hydrogen-bond donors (Lipinski definition) is 4. The van der Waals surface area contributed by atoms with Gasteiger partial charge in [0.15, 0.2) is 0 Å². The molecule has 3 aliphatic rings. The molecule has 5 N–H and O–H groups in total. The van der Waals surface area contributed by atoms with Crippen molar-refractivity contribution in [3.63, 3.8) is 0 Å². The van der Waals surface area contributed by atoms with E-state index < -0.39 is 46.7 Å². The molecule has 6 amide bonds. The molecule has 3 atom stereocenters. The van der Waals surface area contributed by atoms with Crippen LogP contribution in [0.2, 0.25) is 0 Å². The van der Waals surface area contributed by atoms with Gasteiger partial charge in [-0.2, -0.15) is 0 Å². The van der Waals surface area contributed by atoms with Crippen molar-refractivity contribution in [1.82, 2.24) is 25.8 Å². The van der Waals surface area contributed by atoms with Gasteiger partial charge in [-0.3, -0.25) is 24.0 Å². The van der Waals surface area contributed by atoms with Gasteiger partial charge in [-0.25, -0.2) is 4.79 Å². The number of nitrogens with two attached hydrogens (primary N) is 1. The average Bonchev–Trinajstić information content (AvgIpc) is 3.42. The van der Waals surface area contributed by atoms with Crippen molar-refractivity contribution in [3.8, 4) is 0 Å². The van der Waals surface area contributed by atoms with Gasteiger partial charge in [0.1, 0.15) is 18.1 Å². The van der Waals surface area contributed by atoms with Crippen LogP contribution in [-0.4, -0.2) is 90.1 Å². The number of nitrogens with zero attached hydrogens (tertiary/aromatic N) is 2. The quantitative estimate of drug-likeness (QED) is 0.289. The third-order valence-electron chi connectivity index (χ3n) is 8.81. The molecule has 44 heavy (non-hydrogen) atoms. The molecule has 1 aliphatic carbocycles. The second-order valence-electron chi connectivity index (χ2n) is 14.5. The van der Waals surface area contributed by atoms with Crippen LogP contribution in [0.1, 0.15) is 106 Å². The Hall–Kier alpha value is -3.18. The van der Waals surface area contributed by atoms with Crippen LogP contribution in [0.4, 0.5) is 4.79 Å². The Morgan fingerprint density at radius 2 is 1.30 bits per heavy atom. The van der Waals surface area contributed by atoms with Gasteiger partial charge in [-0.1, -0.05) is 60.8 Å². The summed E-state index contributed by atoms with van der Waals surface area (Å²) < 4.78 is 0. The van der Waals surface area contributed by atoms with Gasteiger partial charge < -0.3 is 31.5 Å². The Kier molecular flexibility index (Phi) is 13.6. The van der Waals surface area contributed by atoms with Crippen molar-refractivity contribution < 1.29 is 28.8 Å². The SMILES string of the molecule is CNC(=O)C1CCCN1C(=O)C(NC(=O)NC(C(=O)N1CCCCC1)C(C)(C)C)C(C)(C)C.NC(=O)C(=O)CCC1CCC1. The number of carbonyl (C=O) groups excluding carboxylic acids is 6. The van der Waals surface area contributed by atoms with Crippen molar-refractivity contribution in [2.24, 2.45) is 22.5 Å². The monoisotopic (exact) mass is 620 g/mol. The molecule has 2 heterocycles. The predicted octanol–water partition coefficient (Wildman–Crippen LogP) is 2.49. The molecule has 3 fully saturated rings. The molecule has 0 aromatic rings. The molecule has 12 heteroatoms. The van der Waals surface area contributed by atoms with Crippen LogP contribution in [0.15, 0.2) is 0 Å². The summed E-state index contributed by atoms with van der Waals surface area (Å²) in [5.41, 5.74) is 3.71. The third-order valence-corrected chi connectivity index (χ3v) is 8.81. The first-order valence-electron chi connectivity index (χ1n) is 16.2. The number of ketones is 1. The standard InChI is InChI=1S/C24H43N5O4.C8H13NO2/c1-23(2,3)17(20(31)28-13-9-8-10-14-28)26-22(33)27-18(24(4,5)6)21(32)29-15-11-12-16(29)19(30)25-7;9-8(11)7(10)5-4-6-2-1-3-6/h16-18H,8-15H2,1-7H3,(H,25,30)(H2,26,27,33);6H,1-5H2,(H2,9,11). The van der Waals surface area contributed by atoms with Crippen LogP contribution in [0, 0.1) is 16.7 Å². The van der Waals surface area contributed by atoms with E-state index in [1.807, 2.05) is 46.4 Å². The van der Waals surface area contributed by atoms with Gasteiger partial charge in [-0.15, -0.1) is 0 Å². The van der Waals surface area contributed by atoms with Crippen LogP contribution in [0.5, 0.6) is 0 Å². The molecule has 0 bridgehead atoms. The first-order valence-corrected chi connectivity index (χ1v) is 16.2. The molecule has 12 nitrogen and oxygen atoms in total. The second-order valence-corrected chi connectivity index (χ2v) is 14.5. The lowest BCUT2D eigenvalue weighted by molar-refractivity contribution is -0.141. The van der Waals surface area contributed by atoms with E-state index >= 15 is 0 Å². The van der Waals surface area contributed by atoms with Gasteiger partial charge in [0, 0.05) is 33.1 Å². The lowest BCUT2D eigenvalue weighted by atomic mass is 9.82. The number of Topliss-reactive ketones (excluding diaryl/α,β-unsaturated/α-hetero) is 1. The Balaban J connectivity index is 0.000000514. The van der Waals surface area contributed by atoms with E-state index in [0.717, 1.165) is 32.1 Å². The second kappa shape index (κ2) is 16.2. The highest BCUT2D eigenvalue weighted by atomic mass is 16.2. The van der Waals surface area contributed by atoms with Crippen LogP contribution >= 0.6 is 0 Å². The number of rotatable bonds is 9. The lowest BCUT2D eigenvalue weighted by Gasteiger charge is -2.38. The number of likely N-dealkylation sites (tertiary alicyclic amines) is 2. The van der Waals surface area contributed by atoms with Crippen LogP contribution in [0.25, 0.3) is 0 Å². The number of amides is 6. The number of hydrogen-bond acceptors (Lipinski definition) is 6. The minimum absolute atomic E-state index is 0.0878. The first kappa shape index (κ1) is 37.0. The summed E-state index contributed by atoms with van der Waals surface area (Å²) in [6.45, 7) is 13.3.